The molecule has 2 aromatic carbocycles. The highest BCUT2D eigenvalue weighted by Gasteiger charge is 2.23. The molecule has 4 nitrogen and oxygen atoms in total. The van der Waals surface area contributed by atoms with Crippen LogP contribution in [0.5, 0.6) is 0 Å². The summed E-state index contributed by atoms with van der Waals surface area (Å²) in [5.74, 6) is 0.0280. The van der Waals surface area contributed by atoms with Crippen LogP contribution in [0.25, 0.3) is 11.1 Å². The average molecular weight is 347 g/mol. The number of likely N-dealkylation sites (tertiary alicyclic amines) is 1. The van der Waals surface area contributed by atoms with Gasteiger partial charge in [-0.1, -0.05) is 36.8 Å². The van der Waals surface area contributed by atoms with Crippen LogP contribution >= 0.6 is 0 Å². The van der Waals surface area contributed by atoms with E-state index < -0.39 is 0 Å². The molecule has 134 valence electrons. The highest BCUT2D eigenvalue weighted by atomic mass is 16.2. The van der Waals surface area contributed by atoms with Gasteiger partial charge in [-0.25, -0.2) is 0 Å². The fourth-order valence-corrected chi connectivity index (χ4v) is 3.65. The van der Waals surface area contributed by atoms with Gasteiger partial charge < -0.3 is 9.80 Å². The van der Waals surface area contributed by atoms with Crippen molar-refractivity contribution in [3.63, 3.8) is 0 Å². The third kappa shape index (κ3) is 3.95. The van der Waals surface area contributed by atoms with Crippen LogP contribution < -0.4 is 0 Å². The van der Waals surface area contributed by atoms with E-state index in [1.807, 2.05) is 54.4 Å². The highest BCUT2D eigenvalue weighted by molar-refractivity contribution is 5.95. The Hall–Kier alpha value is -2.64. The number of carbonyl (C=O) groups is 1. The van der Waals surface area contributed by atoms with Crippen molar-refractivity contribution in [2.75, 3.05) is 27.2 Å². The molecule has 1 heterocycles. The number of rotatable bonds is 4. The summed E-state index contributed by atoms with van der Waals surface area (Å²) in [5.41, 5.74) is 3.04. The zero-order valence-electron chi connectivity index (χ0n) is 15.5. The minimum Gasteiger partial charge on any atom is -0.340 e. The Labute approximate surface area is 155 Å². The third-order valence-corrected chi connectivity index (χ3v) is 5.22. The maximum Gasteiger partial charge on any atom is 0.253 e. The van der Waals surface area contributed by atoms with Gasteiger partial charge in [0.1, 0.15) is 0 Å². The van der Waals surface area contributed by atoms with Crippen LogP contribution in [0.15, 0.2) is 48.5 Å². The lowest BCUT2D eigenvalue weighted by Crippen LogP contribution is -2.45. The molecule has 0 aliphatic carbocycles. The number of benzene rings is 2. The van der Waals surface area contributed by atoms with Crippen LogP contribution in [-0.4, -0.2) is 48.9 Å². The molecule has 1 atom stereocenters. The number of piperidine rings is 1. The van der Waals surface area contributed by atoms with Crippen molar-refractivity contribution >= 4 is 5.91 Å². The molecule has 1 aliphatic heterocycles. The smallest absolute Gasteiger partial charge is 0.253 e. The number of carbonyl (C=O) groups excluding carboxylic acids is 1. The highest BCUT2D eigenvalue weighted by Crippen LogP contribution is 2.25. The Balaban J connectivity index is 1.79. The van der Waals surface area contributed by atoms with Gasteiger partial charge >= 0.3 is 0 Å². The maximum atomic E-state index is 12.9. The van der Waals surface area contributed by atoms with Crippen LogP contribution in [0, 0.1) is 11.3 Å². The Bertz CT molecular complexity index is 824. The second-order valence-corrected chi connectivity index (χ2v) is 7.05. The van der Waals surface area contributed by atoms with Crippen LogP contribution in [0.4, 0.5) is 0 Å². The SMILES string of the molecule is CN(C[C@H]1CCCCN1C)C(=O)c1cccc(-c2ccccc2C#N)c1. The maximum absolute atomic E-state index is 12.9. The normalized spacial score (nSPS) is 17.5. The van der Waals surface area contributed by atoms with Crippen molar-refractivity contribution in [1.29, 1.82) is 5.26 Å². The van der Waals surface area contributed by atoms with E-state index in [1.54, 1.807) is 6.07 Å². The van der Waals surface area contributed by atoms with Crippen LogP contribution in [0.3, 0.4) is 0 Å². The molecule has 2 aromatic rings. The number of nitrogens with zero attached hydrogens (tertiary/aromatic N) is 3. The lowest BCUT2D eigenvalue weighted by Gasteiger charge is -2.35. The van der Waals surface area contributed by atoms with Gasteiger partial charge in [0.2, 0.25) is 0 Å². The first kappa shape index (κ1) is 18.2. The van der Waals surface area contributed by atoms with E-state index in [-0.39, 0.29) is 5.91 Å². The van der Waals surface area contributed by atoms with Crippen molar-refractivity contribution in [3.8, 4) is 17.2 Å². The lowest BCUT2D eigenvalue weighted by molar-refractivity contribution is 0.0717. The summed E-state index contributed by atoms with van der Waals surface area (Å²) < 4.78 is 0. The molecule has 1 saturated heterocycles. The Morgan fingerprint density at radius 2 is 2.04 bits per heavy atom. The standard InChI is InChI=1S/C22H25N3O/c1-24-13-6-5-11-20(24)16-25(2)22(26)18-10-7-9-17(14-18)21-12-4-3-8-19(21)15-23/h3-4,7-10,12,14,20H,5-6,11,13,16H2,1-2H3/t20-/m1/s1. The predicted octanol–water partition coefficient (Wildman–Crippen LogP) is 3.78. The minimum absolute atomic E-state index is 0.0280. The molecular formula is C22H25N3O. The molecule has 0 radical (unpaired) electrons. The third-order valence-electron chi connectivity index (χ3n) is 5.22. The van der Waals surface area contributed by atoms with Gasteiger partial charge in [-0.2, -0.15) is 5.26 Å². The topological polar surface area (TPSA) is 47.3 Å². The first-order valence-electron chi connectivity index (χ1n) is 9.15. The fourth-order valence-electron chi connectivity index (χ4n) is 3.65. The quantitative estimate of drug-likeness (QED) is 0.845. The summed E-state index contributed by atoms with van der Waals surface area (Å²) in [6.45, 7) is 1.85. The Kier molecular flexibility index (Phi) is 5.70. The molecule has 4 heteroatoms. The molecule has 26 heavy (non-hydrogen) atoms. The molecule has 0 spiro atoms. The zero-order chi connectivity index (χ0) is 18.5. The van der Waals surface area contributed by atoms with Gasteiger partial charge in [0.05, 0.1) is 11.6 Å². The molecule has 0 N–H and O–H groups in total. The molecule has 1 fully saturated rings. The van der Waals surface area contributed by atoms with Gasteiger partial charge in [0, 0.05) is 25.2 Å². The van der Waals surface area contributed by atoms with E-state index in [0.29, 0.717) is 17.2 Å². The molecule has 3 rings (SSSR count). The zero-order valence-corrected chi connectivity index (χ0v) is 15.5. The number of amides is 1. The van der Waals surface area contributed by atoms with Crippen molar-refractivity contribution in [1.82, 2.24) is 9.80 Å². The van der Waals surface area contributed by atoms with E-state index in [4.69, 9.17) is 0 Å². The molecule has 0 unspecified atom stereocenters. The average Bonchev–Trinajstić information content (AvgIpc) is 2.69. The van der Waals surface area contributed by atoms with E-state index in [1.165, 1.54) is 12.8 Å². The van der Waals surface area contributed by atoms with Gasteiger partial charge in [-0.15, -0.1) is 0 Å². The summed E-state index contributed by atoms with van der Waals surface area (Å²) in [7, 11) is 4.02. The number of hydrogen-bond acceptors (Lipinski definition) is 3. The van der Waals surface area contributed by atoms with Gasteiger partial charge in [0.25, 0.3) is 5.91 Å². The molecule has 1 aliphatic rings. The van der Waals surface area contributed by atoms with Crippen molar-refractivity contribution in [2.24, 2.45) is 0 Å². The second kappa shape index (κ2) is 8.16. The summed E-state index contributed by atoms with van der Waals surface area (Å²) in [6, 6.07) is 17.7. The van der Waals surface area contributed by atoms with E-state index in [9.17, 15) is 10.1 Å². The minimum atomic E-state index is 0.0280. The lowest BCUT2D eigenvalue weighted by atomic mass is 9.98. The van der Waals surface area contributed by atoms with Gasteiger partial charge in [0.15, 0.2) is 0 Å². The monoisotopic (exact) mass is 347 g/mol. The fraction of sp³-hybridized carbons (Fsp3) is 0.364. The van der Waals surface area contributed by atoms with E-state index in [2.05, 4.69) is 18.0 Å². The van der Waals surface area contributed by atoms with Crippen LogP contribution in [0.2, 0.25) is 0 Å². The van der Waals surface area contributed by atoms with Crippen molar-refractivity contribution in [3.05, 3.63) is 59.7 Å². The van der Waals surface area contributed by atoms with Crippen LogP contribution in [0.1, 0.15) is 35.2 Å². The van der Waals surface area contributed by atoms with Crippen molar-refractivity contribution in [2.45, 2.75) is 25.3 Å². The molecule has 1 amide bonds. The van der Waals surface area contributed by atoms with Crippen molar-refractivity contribution < 1.29 is 4.79 Å². The van der Waals surface area contributed by atoms with E-state index in [0.717, 1.165) is 30.6 Å². The number of hydrogen-bond donors (Lipinski definition) is 0. The van der Waals surface area contributed by atoms with Crippen LogP contribution in [-0.2, 0) is 0 Å². The second-order valence-electron chi connectivity index (χ2n) is 7.05. The summed E-state index contributed by atoms with van der Waals surface area (Å²) in [5, 5.41) is 9.32. The van der Waals surface area contributed by atoms with E-state index >= 15 is 0 Å². The van der Waals surface area contributed by atoms with Gasteiger partial charge in [-0.05, 0) is 55.8 Å². The molecule has 0 aromatic heterocycles. The number of nitriles is 1. The summed E-state index contributed by atoms with van der Waals surface area (Å²) in [4.78, 5) is 17.1. The first-order chi connectivity index (χ1) is 12.6. The Morgan fingerprint density at radius 1 is 1.23 bits per heavy atom. The Morgan fingerprint density at radius 3 is 2.81 bits per heavy atom. The molecular weight excluding hydrogens is 322 g/mol. The summed E-state index contributed by atoms with van der Waals surface area (Å²) in [6.07, 6.45) is 3.62. The predicted molar refractivity (Wildman–Crippen MR) is 104 cm³/mol. The molecule has 0 bridgehead atoms. The summed E-state index contributed by atoms with van der Waals surface area (Å²) >= 11 is 0. The molecule has 0 saturated carbocycles. The first-order valence-corrected chi connectivity index (χ1v) is 9.15. The largest absolute Gasteiger partial charge is 0.340 e. The number of likely N-dealkylation sites (N-methyl/N-ethyl adjacent to an activating group) is 2. The van der Waals surface area contributed by atoms with Gasteiger partial charge in [-0.3, -0.25) is 4.79 Å².